The van der Waals surface area contributed by atoms with Crippen molar-refractivity contribution in [2.75, 3.05) is 39.9 Å². The van der Waals surface area contributed by atoms with Crippen LogP contribution in [0.4, 0.5) is 0 Å². The number of carbonyl (C=O) groups excluding carboxylic acids is 3. The zero-order valence-corrected chi connectivity index (χ0v) is 40.2. The Morgan fingerprint density at radius 1 is 0.529 bits per heavy atom. The van der Waals surface area contributed by atoms with Gasteiger partial charge < -0.3 is 9.84 Å². The molecule has 6 aromatic rings. The van der Waals surface area contributed by atoms with E-state index < -0.39 is 6.04 Å². The highest BCUT2D eigenvalue weighted by molar-refractivity contribution is 6.02. The van der Waals surface area contributed by atoms with Crippen molar-refractivity contribution in [3.8, 4) is 0 Å². The Bertz CT molecular complexity index is 2670. The van der Waals surface area contributed by atoms with Crippen LogP contribution in [0.2, 0.25) is 0 Å². The molecule has 2 saturated heterocycles. The third-order valence-corrected chi connectivity index (χ3v) is 14.4. The molecule has 6 aromatic carbocycles. The van der Waals surface area contributed by atoms with Crippen LogP contribution in [-0.2, 0) is 19.1 Å². The molecule has 0 spiro atoms. The number of ether oxygens (including phenoxy) is 1. The quantitative estimate of drug-likeness (QED) is 0.122. The number of aliphatic imine (C=N–C) groups is 2. The molecule has 11 heteroatoms. The van der Waals surface area contributed by atoms with Crippen LogP contribution in [0.15, 0.2) is 192 Å². The topological polar surface area (TPSA) is 118 Å². The molecular weight excluding hydrogens is 873 g/mol. The maximum atomic E-state index is 14.2. The first kappa shape index (κ1) is 48.0. The van der Waals surface area contributed by atoms with Crippen molar-refractivity contribution in [1.82, 2.24) is 19.6 Å². The van der Waals surface area contributed by atoms with Gasteiger partial charge in [0.05, 0.1) is 55.8 Å². The van der Waals surface area contributed by atoms with Crippen molar-refractivity contribution in [2.24, 2.45) is 21.8 Å². The zero-order chi connectivity index (χ0) is 48.6. The molecule has 2 amide bonds. The summed E-state index contributed by atoms with van der Waals surface area (Å²) in [5.41, 5.74) is 6.16. The number of nitrogens with zero attached hydrogens (tertiary/aromatic N) is 6. The largest absolute Gasteiger partial charge is 0.468 e. The number of hydrogen-bond acceptors (Lipinski definition) is 9. The smallest absolute Gasteiger partial charge is 0.327 e. The second-order valence-corrected chi connectivity index (χ2v) is 18.6. The molecule has 1 N–H and O–H groups in total. The highest BCUT2D eigenvalue weighted by Gasteiger charge is 2.47. The van der Waals surface area contributed by atoms with Gasteiger partial charge in [0.1, 0.15) is 17.7 Å². The molecular formula is C59H62N6O5. The fourth-order valence-electron chi connectivity index (χ4n) is 11.0. The molecule has 4 aliphatic rings. The number of esters is 1. The summed E-state index contributed by atoms with van der Waals surface area (Å²) in [5.74, 6) is 0.791. The molecule has 4 aliphatic heterocycles. The van der Waals surface area contributed by atoms with Crippen LogP contribution in [0.5, 0.6) is 0 Å². The van der Waals surface area contributed by atoms with E-state index in [1.54, 1.807) is 0 Å². The van der Waals surface area contributed by atoms with Crippen molar-refractivity contribution in [3.05, 3.63) is 215 Å². The molecule has 10 rings (SSSR count). The van der Waals surface area contributed by atoms with Crippen LogP contribution in [0, 0.1) is 11.8 Å². The van der Waals surface area contributed by atoms with Gasteiger partial charge in [0.2, 0.25) is 11.8 Å². The Morgan fingerprint density at radius 2 is 0.857 bits per heavy atom. The first-order chi connectivity index (χ1) is 34.2. The van der Waals surface area contributed by atoms with Crippen molar-refractivity contribution in [2.45, 2.75) is 62.9 Å². The molecule has 0 bridgehead atoms. The number of benzene rings is 6. The zero-order valence-electron chi connectivity index (χ0n) is 40.2. The normalized spacial score (nSPS) is 21.4. The first-order valence-corrected chi connectivity index (χ1v) is 24.5. The predicted octanol–water partition coefficient (Wildman–Crippen LogP) is 9.10. The van der Waals surface area contributed by atoms with Crippen LogP contribution in [0.3, 0.4) is 0 Å². The SMILES string of the molecule is CC1=NC2CCN(C(CO)c3ccccc3)CC2C(=O)N1C(c1ccccc1)c1ccccc1.COC(=O)C(c1ccccc1)N1CCC2N=C(C)N(C(c3ccccc3)c3ccccc3)C(=O)C2C1. The number of likely N-dealkylation sites (tertiary alicyclic amines) is 2. The minimum atomic E-state index is -0.551. The van der Waals surface area contributed by atoms with E-state index in [9.17, 15) is 19.5 Å². The van der Waals surface area contributed by atoms with Gasteiger partial charge in [-0.3, -0.25) is 39.2 Å². The van der Waals surface area contributed by atoms with Gasteiger partial charge in [-0.15, -0.1) is 0 Å². The van der Waals surface area contributed by atoms with E-state index in [-0.39, 0.29) is 66.4 Å². The van der Waals surface area contributed by atoms with E-state index in [2.05, 4.69) is 58.3 Å². The van der Waals surface area contributed by atoms with Gasteiger partial charge in [0, 0.05) is 26.2 Å². The number of piperidine rings is 2. The Labute approximate surface area is 411 Å². The van der Waals surface area contributed by atoms with Crippen LogP contribution in [0.25, 0.3) is 0 Å². The summed E-state index contributed by atoms with van der Waals surface area (Å²) in [7, 11) is 1.41. The molecule has 6 atom stereocenters. The van der Waals surface area contributed by atoms with E-state index in [1.807, 2.05) is 157 Å². The number of fused-ring (bicyclic) bond motifs is 2. The van der Waals surface area contributed by atoms with Crippen molar-refractivity contribution < 1.29 is 24.2 Å². The molecule has 6 unspecified atom stereocenters. The lowest BCUT2D eigenvalue weighted by Crippen LogP contribution is -2.57. The highest BCUT2D eigenvalue weighted by atomic mass is 16.5. The fraction of sp³-hybridized carbons (Fsp3) is 0.305. The van der Waals surface area contributed by atoms with Gasteiger partial charge in [-0.2, -0.15) is 0 Å². The van der Waals surface area contributed by atoms with Gasteiger partial charge in [0.15, 0.2) is 0 Å². The fourth-order valence-corrected chi connectivity index (χ4v) is 11.0. The van der Waals surface area contributed by atoms with Gasteiger partial charge >= 0.3 is 5.97 Å². The molecule has 11 nitrogen and oxygen atoms in total. The number of rotatable bonds is 12. The van der Waals surface area contributed by atoms with E-state index in [0.29, 0.717) is 26.1 Å². The number of carbonyl (C=O) groups is 3. The van der Waals surface area contributed by atoms with E-state index in [0.717, 1.165) is 58.0 Å². The molecule has 0 aliphatic carbocycles. The van der Waals surface area contributed by atoms with Gasteiger partial charge in [0.25, 0.3) is 0 Å². The van der Waals surface area contributed by atoms with Gasteiger partial charge in [-0.1, -0.05) is 182 Å². The second kappa shape index (κ2) is 22.1. The Morgan fingerprint density at radius 3 is 1.21 bits per heavy atom. The van der Waals surface area contributed by atoms with Gasteiger partial charge in [-0.25, -0.2) is 4.79 Å². The summed E-state index contributed by atoms with van der Waals surface area (Å²) < 4.78 is 5.17. The lowest BCUT2D eigenvalue weighted by atomic mass is 9.86. The van der Waals surface area contributed by atoms with Crippen LogP contribution >= 0.6 is 0 Å². The number of methoxy groups -OCH3 is 1. The van der Waals surface area contributed by atoms with E-state index in [4.69, 9.17) is 14.7 Å². The summed E-state index contributed by atoms with van der Waals surface area (Å²) >= 11 is 0. The highest BCUT2D eigenvalue weighted by Crippen LogP contribution is 2.40. The standard InChI is InChI=1S/C30H31N3O3.C29H31N3O2/c1-21-31-26-18-19-32(28(30(35)36-2)24-16-10-5-11-17-24)20-25(26)29(34)33(21)27(22-12-6-3-7-13-22)23-14-8-4-9-15-23;1-21-30-26-17-18-31(27(20-33)22-11-5-2-6-12-22)19-25(26)29(34)32(21)28(23-13-7-3-8-14-23)24-15-9-4-10-16-24/h3-17,25-28H,18-20H2,1-2H3;2-16,25-28,33H,17-20H2,1H3. The van der Waals surface area contributed by atoms with Crippen molar-refractivity contribution in [3.63, 3.8) is 0 Å². The Kier molecular flexibility index (Phi) is 15.2. The van der Waals surface area contributed by atoms with E-state index in [1.165, 1.54) is 7.11 Å². The second-order valence-electron chi connectivity index (χ2n) is 18.6. The predicted molar refractivity (Wildman–Crippen MR) is 274 cm³/mol. The first-order valence-electron chi connectivity index (χ1n) is 24.5. The van der Waals surface area contributed by atoms with Crippen LogP contribution < -0.4 is 0 Å². The number of amidine groups is 2. The van der Waals surface area contributed by atoms with Crippen LogP contribution in [-0.4, -0.2) is 106 Å². The molecule has 4 heterocycles. The van der Waals surface area contributed by atoms with Crippen LogP contribution in [0.1, 0.15) is 84.2 Å². The third kappa shape index (κ3) is 10.1. The molecule has 0 radical (unpaired) electrons. The Hall–Kier alpha value is -7.05. The minimum absolute atomic E-state index is 0.0117. The van der Waals surface area contributed by atoms with Gasteiger partial charge in [-0.05, 0) is 60.1 Å². The maximum absolute atomic E-state index is 14.2. The number of aliphatic hydroxyl groups excluding tert-OH is 1. The summed E-state index contributed by atoms with van der Waals surface area (Å²) in [4.78, 5) is 59.3. The molecule has 0 aromatic heterocycles. The average molecular weight is 935 g/mol. The average Bonchev–Trinajstić information content (AvgIpc) is 3.41. The summed E-state index contributed by atoms with van der Waals surface area (Å²) in [6.07, 6.45) is 1.52. The number of aliphatic hydroxyl groups is 1. The number of hydrogen-bond donors (Lipinski definition) is 1. The van der Waals surface area contributed by atoms with Crippen molar-refractivity contribution >= 4 is 29.5 Å². The molecule has 358 valence electrons. The van der Waals surface area contributed by atoms with Crippen molar-refractivity contribution in [1.29, 1.82) is 0 Å². The summed E-state index contributed by atoms with van der Waals surface area (Å²) in [6.45, 7) is 6.43. The third-order valence-electron chi connectivity index (χ3n) is 14.4. The number of amides is 2. The Balaban J connectivity index is 0.000000174. The monoisotopic (exact) mass is 934 g/mol. The lowest BCUT2D eigenvalue weighted by molar-refractivity contribution is -0.150. The molecule has 70 heavy (non-hydrogen) atoms. The van der Waals surface area contributed by atoms with E-state index >= 15 is 0 Å². The summed E-state index contributed by atoms with van der Waals surface area (Å²) in [5, 5.41) is 10.2. The minimum Gasteiger partial charge on any atom is -0.468 e. The molecule has 0 saturated carbocycles. The summed E-state index contributed by atoms with van der Waals surface area (Å²) in [6, 6.07) is 59.0. The maximum Gasteiger partial charge on any atom is 0.327 e. The molecule has 2 fully saturated rings. The lowest BCUT2D eigenvalue weighted by Gasteiger charge is -2.46.